The Kier molecular flexibility index (Phi) is 8.98. The van der Waals surface area contributed by atoms with E-state index in [9.17, 15) is 9.59 Å². The van der Waals surface area contributed by atoms with E-state index in [4.69, 9.17) is 19.3 Å². The van der Waals surface area contributed by atoms with E-state index in [1.807, 2.05) is 42.5 Å². The molecule has 0 atom stereocenters. The van der Waals surface area contributed by atoms with E-state index in [2.05, 4.69) is 10.2 Å². The van der Waals surface area contributed by atoms with Crippen molar-refractivity contribution in [3.8, 4) is 11.5 Å². The highest BCUT2D eigenvalue weighted by molar-refractivity contribution is 6.04. The number of hydrazone groups is 1. The molecule has 2 heterocycles. The lowest BCUT2D eigenvalue weighted by molar-refractivity contribution is -0.132. The Morgan fingerprint density at radius 3 is 2.51 bits per heavy atom. The van der Waals surface area contributed by atoms with Crippen LogP contribution in [-0.2, 0) is 16.1 Å². The molecule has 0 radical (unpaired) electrons. The first kappa shape index (κ1) is 27.0. The summed E-state index contributed by atoms with van der Waals surface area (Å²) in [6.07, 6.45) is 7.66. The number of carbonyl (C=O) groups is 2. The summed E-state index contributed by atoms with van der Waals surface area (Å²) in [6.45, 7) is 3.65. The van der Waals surface area contributed by atoms with Gasteiger partial charge in [-0.05, 0) is 87.5 Å². The van der Waals surface area contributed by atoms with Gasteiger partial charge in [-0.1, -0.05) is 12.1 Å². The van der Waals surface area contributed by atoms with Crippen LogP contribution >= 0.6 is 0 Å². The van der Waals surface area contributed by atoms with E-state index in [-0.39, 0.29) is 12.0 Å². The van der Waals surface area contributed by atoms with E-state index in [0.717, 1.165) is 55.1 Å². The summed E-state index contributed by atoms with van der Waals surface area (Å²) in [5, 5.41) is 8.99. The summed E-state index contributed by atoms with van der Waals surface area (Å²) in [5.74, 6) is 1.42. The van der Waals surface area contributed by atoms with Crippen LogP contribution in [0.2, 0.25) is 0 Å². The van der Waals surface area contributed by atoms with Crippen LogP contribution in [0.15, 0.2) is 47.6 Å². The maximum atomic E-state index is 12.7. The van der Waals surface area contributed by atoms with E-state index in [0.29, 0.717) is 37.4 Å². The minimum atomic E-state index is -0.460. The molecule has 1 N–H and O–H groups in total. The molecule has 208 valence electrons. The molecule has 0 aromatic heterocycles. The number of amides is 2. The van der Waals surface area contributed by atoms with Gasteiger partial charge >= 0.3 is 6.09 Å². The highest BCUT2D eigenvalue weighted by Crippen LogP contribution is 2.33. The van der Waals surface area contributed by atoms with Gasteiger partial charge in [0.2, 0.25) is 5.91 Å². The van der Waals surface area contributed by atoms with Crippen LogP contribution in [-0.4, -0.2) is 67.1 Å². The smallest absolute Gasteiger partial charge is 0.411 e. The second kappa shape index (κ2) is 13.0. The van der Waals surface area contributed by atoms with Gasteiger partial charge in [-0.15, -0.1) is 0 Å². The molecule has 2 fully saturated rings. The summed E-state index contributed by atoms with van der Waals surface area (Å²) >= 11 is 0. The second-order valence-electron chi connectivity index (χ2n) is 10.4. The Balaban J connectivity index is 1.18. The fourth-order valence-corrected chi connectivity index (χ4v) is 5.36. The van der Waals surface area contributed by atoms with Gasteiger partial charge in [0.25, 0.3) is 0 Å². The number of nitrogens with one attached hydrogen (secondary N) is 1. The fourth-order valence-electron chi connectivity index (χ4n) is 5.36. The maximum absolute atomic E-state index is 12.7. The lowest BCUT2D eigenvalue weighted by Gasteiger charge is -2.24. The predicted molar refractivity (Wildman–Crippen MR) is 149 cm³/mol. The third-order valence-electron chi connectivity index (χ3n) is 7.57. The topological polar surface area (TPSA) is 92.7 Å². The van der Waals surface area contributed by atoms with Crippen LogP contribution in [0.25, 0.3) is 0 Å². The molecule has 2 aromatic carbocycles. The molecule has 1 aliphatic carbocycles. The zero-order chi connectivity index (χ0) is 27.0. The standard InChI is InChI=1S/C30H38N4O5/c1-37-27-14-10-23(20-28(27)39-25-6-2-3-7-25)26-13-15-29(35)34(32-26)21-22-8-11-24(12-9-22)31-30(36)38-19-18-33-16-4-5-17-33/h8-12,14,20,25H,2-7,13,15-19,21H2,1H3,(H,31,36). The van der Waals surface area contributed by atoms with Crippen LogP contribution in [0.5, 0.6) is 11.5 Å². The van der Waals surface area contributed by atoms with Crippen molar-refractivity contribution in [2.45, 2.75) is 64.0 Å². The zero-order valence-corrected chi connectivity index (χ0v) is 22.7. The normalized spacial score (nSPS) is 18.2. The number of anilines is 1. The van der Waals surface area contributed by atoms with Crippen molar-refractivity contribution in [3.63, 3.8) is 0 Å². The number of ether oxygens (including phenoxy) is 3. The van der Waals surface area contributed by atoms with Crippen molar-refractivity contribution in [2.24, 2.45) is 5.10 Å². The van der Waals surface area contributed by atoms with Crippen LogP contribution in [0.1, 0.15) is 62.5 Å². The Bertz CT molecular complexity index is 1170. The Morgan fingerprint density at radius 2 is 1.77 bits per heavy atom. The molecule has 39 heavy (non-hydrogen) atoms. The molecular formula is C30H38N4O5. The summed E-state index contributed by atoms with van der Waals surface area (Å²) in [4.78, 5) is 27.1. The summed E-state index contributed by atoms with van der Waals surface area (Å²) in [5.41, 5.74) is 3.35. The number of hydrogen-bond acceptors (Lipinski definition) is 7. The Labute approximate surface area is 230 Å². The van der Waals surface area contributed by atoms with E-state index >= 15 is 0 Å². The lowest BCUT2D eigenvalue weighted by atomic mass is 10.0. The van der Waals surface area contributed by atoms with Gasteiger partial charge in [-0.3, -0.25) is 15.0 Å². The quantitative estimate of drug-likeness (QED) is 0.451. The molecule has 5 rings (SSSR count). The fraction of sp³-hybridized carbons (Fsp3) is 0.500. The van der Waals surface area contributed by atoms with Crippen molar-refractivity contribution < 1.29 is 23.8 Å². The summed E-state index contributed by atoms with van der Waals surface area (Å²) < 4.78 is 17.1. The highest BCUT2D eigenvalue weighted by atomic mass is 16.5. The van der Waals surface area contributed by atoms with Gasteiger partial charge in [0, 0.05) is 30.6 Å². The van der Waals surface area contributed by atoms with Gasteiger partial charge in [0.05, 0.1) is 25.5 Å². The number of benzene rings is 2. The third kappa shape index (κ3) is 7.29. The van der Waals surface area contributed by atoms with Gasteiger partial charge < -0.3 is 14.2 Å². The summed E-state index contributed by atoms with van der Waals surface area (Å²) in [6, 6.07) is 13.3. The van der Waals surface area contributed by atoms with Crippen molar-refractivity contribution >= 4 is 23.4 Å². The molecule has 9 nitrogen and oxygen atoms in total. The van der Waals surface area contributed by atoms with Gasteiger partial charge in [0.15, 0.2) is 11.5 Å². The predicted octanol–water partition coefficient (Wildman–Crippen LogP) is 5.19. The number of hydrogen-bond donors (Lipinski definition) is 1. The van der Waals surface area contributed by atoms with Gasteiger partial charge in [-0.25, -0.2) is 9.80 Å². The molecule has 0 spiro atoms. The number of methoxy groups -OCH3 is 1. The van der Waals surface area contributed by atoms with Crippen LogP contribution in [0, 0.1) is 0 Å². The minimum Gasteiger partial charge on any atom is -0.493 e. The van der Waals surface area contributed by atoms with Gasteiger partial charge in [0.1, 0.15) is 6.61 Å². The lowest BCUT2D eigenvalue weighted by Crippen LogP contribution is -2.31. The van der Waals surface area contributed by atoms with Crippen molar-refractivity contribution in [1.29, 1.82) is 0 Å². The Hall–Kier alpha value is -3.59. The van der Waals surface area contributed by atoms with Crippen LogP contribution in [0.3, 0.4) is 0 Å². The van der Waals surface area contributed by atoms with Crippen molar-refractivity contribution in [2.75, 3.05) is 38.7 Å². The average molecular weight is 535 g/mol. The van der Waals surface area contributed by atoms with E-state index in [1.165, 1.54) is 30.7 Å². The SMILES string of the molecule is COc1ccc(C2=NN(Cc3ccc(NC(=O)OCCN4CCCC4)cc3)C(=O)CC2)cc1OC1CCCC1. The zero-order valence-electron chi connectivity index (χ0n) is 22.7. The maximum Gasteiger partial charge on any atom is 0.411 e. The molecule has 2 aliphatic heterocycles. The number of likely N-dealkylation sites (tertiary alicyclic amines) is 1. The number of nitrogens with zero attached hydrogens (tertiary/aromatic N) is 3. The minimum absolute atomic E-state index is 0.0153. The number of carbonyl (C=O) groups excluding carboxylic acids is 2. The third-order valence-corrected chi connectivity index (χ3v) is 7.57. The molecule has 1 saturated heterocycles. The highest BCUT2D eigenvalue weighted by Gasteiger charge is 2.24. The first-order valence-electron chi connectivity index (χ1n) is 14.1. The summed E-state index contributed by atoms with van der Waals surface area (Å²) in [7, 11) is 1.65. The molecule has 2 aromatic rings. The van der Waals surface area contributed by atoms with E-state index in [1.54, 1.807) is 7.11 Å². The van der Waals surface area contributed by atoms with E-state index < -0.39 is 6.09 Å². The van der Waals surface area contributed by atoms with Crippen molar-refractivity contribution in [3.05, 3.63) is 53.6 Å². The van der Waals surface area contributed by atoms with Crippen LogP contribution in [0.4, 0.5) is 10.5 Å². The van der Waals surface area contributed by atoms with Gasteiger partial charge in [-0.2, -0.15) is 5.10 Å². The first-order valence-corrected chi connectivity index (χ1v) is 14.1. The second-order valence-corrected chi connectivity index (χ2v) is 10.4. The molecule has 2 amide bonds. The Morgan fingerprint density at radius 1 is 1.00 bits per heavy atom. The molecule has 9 heteroatoms. The molecule has 0 unspecified atom stereocenters. The monoisotopic (exact) mass is 534 g/mol. The molecule has 1 saturated carbocycles. The average Bonchev–Trinajstić information content (AvgIpc) is 3.66. The van der Waals surface area contributed by atoms with Crippen LogP contribution < -0.4 is 14.8 Å². The molecule has 0 bridgehead atoms. The van der Waals surface area contributed by atoms with Crippen molar-refractivity contribution in [1.82, 2.24) is 9.91 Å². The molecule has 3 aliphatic rings. The molecular weight excluding hydrogens is 496 g/mol. The first-order chi connectivity index (χ1) is 19.1. The largest absolute Gasteiger partial charge is 0.493 e. The number of rotatable bonds is 10.